The lowest BCUT2D eigenvalue weighted by molar-refractivity contribution is 0.655. The summed E-state index contributed by atoms with van der Waals surface area (Å²) in [5.41, 5.74) is 2.45. The van der Waals surface area contributed by atoms with Crippen LogP contribution in [0.25, 0.3) is 6.08 Å². The minimum absolute atomic E-state index is 0.696. The molecule has 3 heteroatoms. The highest BCUT2D eigenvalue weighted by molar-refractivity contribution is 14.1. The van der Waals surface area contributed by atoms with Gasteiger partial charge in [0.1, 0.15) is 0 Å². The van der Waals surface area contributed by atoms with E-state index in [9.17, 15) is 0 Å². The van der Waals surface area contributed by atoms with E-state index in [0.717, 1.165) is 5.69 Å². The second-order valence-electron chi connectivity index (χ2n) is 3.89. The molecule has 1 aromatic heterocycles. The molecule has 0 aromatic carbocycles. The summed E-state index contributed by atoms with van der Waals surface area (Å²) in [6, 6.07) is 0. The first-order chi connectivity index (χ1) is 6.74. The molecule has 1 aromatic rings. The van der Waals surface area contributed by atoms with Crippen LogP contribution in [0.4, 0.5) is 0 Å². The fourth-order valence-corrected chi connectivity index (χ4v) is 3.33. The monoisotopic (exact) mass is 302 g/mol. The van der Waals surface area contributed by atoms with Gasteiger partial charge in [0.15, 0.2) is 0 Å². The molecule has 1 heterocycles. The van der Waals surface area contributed by atoms with Gasteiger partial charge in [-0.05, 0) is 41.5 Å². The lowest BCUT2D eigenvalue weighted by Gasteiger charge is -2.04. The second kappa shape index (κ2) is 4.04. The van der Waals surface area contributed by atoms with Crippen molar-refractivity contribution in [2.24, 2.45) is 7.05 Å². The average molecular weight is 302 g/mol. The summed E-state index contributed by atoms with van der Waals surface area (Å²) in [5.74, 6) is 0.696. The smallest absolute Gasteiger partial charge is 0.0795 e. The van der Waals surface area contributed by atoms with Crippen LogP contribution in [0.1, 0.15) is 43.0 Å². The van der Waals surface area contributed by atoms with Gasteiger partial charge in [0.25, 0.3) is 0 Å². The van der Waals surface area contributed by atoms with Crippen LogP contribution in [-0.2, 0) is 7.05 Å². The number of nitrogens with zero attached hydrogens (tertiary/aromatic N) is 2. The zero-order valence-electron chi connectivity index (χ0n) is 8.46. The van der Waals surface area contributed by atoms with Crippen molar-refractivity contribution in [3.8, 4) is 0 Å². The maximum Gasteiger partial charge on any atom is 0.0795 e. The van der Waals surface area contributed by atoms with Gasteiger partial charge in [-0.25, -0.2) is 0 Å². The Bertz CT molecular complexity index is 348. The molecule has 14 heavy (non-hydrogen) atoms. The average Bonchev–Trinajstić information content (AvgIpc) is 2.74. The van der Waals surface area contributed by atoms with Gasteiger partial charge in [-0.2, -0.15) is 5.10 Å². The fourth-order valence-electron chi connectivity index (χ4n) is 2.21. The van der Waals surface area contributed by atoms with E-state index < -0.39 is 0 Å². The largest absolute Gasteiger partial charge is 0.267 e. The predicted molar refractivity (Wildman–Crippen MR) is 67.2 cm³/mol. The van der Waals surface area contributed by atoms with Crippen LogP contribution < -0.4 is 0 Å². The van der Waals surface area contributed by atoms with E-state index in [1.165, 1.54) is 34.9 Å². The number of halogens is 1. The van der Waals surface area contributed by atoms with Crippen LogP contribution in [0.15, 0.2) is 6.58 Å². The quantitative estimate of drug-likeness (QED) is 0.766. The number of hydrogen-bond acceptors (Lipinski definition) is 1. The third kappa shape index (κ3) is 1.62. The summed E-state index contributed by atoms with van der Waals surface area (Å²) in [4.78, 5) is 0. The van der Waals surface area contributed by atoms with Gasteiger partial charge in [-0.3, -0.25) is 4.68 Å². The number of hydrogen-bond donors (Lipinski definition) is 0. The molecule has 0 N–H and O–H groups in total. The summed E-state index contributed by atoms with van der Waals surface area (Å²) in [7, 11) is 2.00. The van der Waals surface area contributed by atoms with Crippen molar-refractivity contribution < 1.29 is 0 Å². The first kappa shape index (κ1) is 10.2. The highest BCUT2D eigenvalue weighted by Gasteiger charge is 2.23. The Kier molecular flexibility index (Phi) is 2.95. The standard InChI is InChI=1S/C11H15IN2/c1-3-9-10(12)11(13-14(9)2)8-6-4-5-7-8/h3,8H,1,4-7H2,2H3. The molecule has 0 bridgehead atoms. The fraction of sp³-hybridized carbons (Fsp3) is 0.545. The summed E-state index contributed by atoms with van der Waals surface area (Å²) in [5, 5.41) is 4.60. The van der Waals surface area contributed by atoms with E-state index in [2.05, 4.69) is 34.3 Å². The van der Waals surface area contributed by atoms with Crippen molar-refractivity contribution in [1.29, 1.82) is 0 Å². The molecular formula is C11H15IN2. The molecule has 0 spiro atoms. The van der Waals surface area contributed by atoms with Crippen molar-refractivity contribution in [2.75, 3.05) is 0 Å². The van der Waals surface area contributed by atoms with E-state index in [-0.39, 0.29) is 0 Å². The number of rotatable bonds is 2. The van der Waals surface area contributed by atoms with Crippen LogP contribution >= 0.6 is 22.6 Å². The van der Waals surface area contributed by atoms with E-state index in [1.54, 1.807) is 0 Å². The Morgan fingerprint density at radius 3 is 2.64 bits per heavy atom. The van der Waals surface area contributed by atoms with Gasteiger partial charge in [-0.15, -0.1) is 0 Å². The van der Waals surface area contributed by atoms with Crippen LogP contribution in [0.2, 0.25) is 0 Å². The summed E-state index contributed by atoms with van der Waals surface area (Å²) in [6.45, 7) is 3.83. The Morgan fingerprint density at radius 2 is 2.14 bits per heavy atom. The molecule has 2 rings (SSSR count). The Hall–Kier alpha value is -0.320. The summed E-state index contributed by atoms with van der Waals surface area (Å²) in [6.07, 6.45) is 7.24. The summed E-state index contributed by atoms with van der Waals surface area (Å²) < 4.78 is 3.24. The van der Waals surface area contributed by atoms with Crippen molar-refractivity contribution in [2.45, 2.75) is 31.6 Å². The van der Waals surface area contributed by atoms with Crippen LogP contribution in [0.3, 0.4) is 0 Å². The van der Waals surface area contributed by atoms with Crippen LogP contribution in [0.5, 0.6) is 0 Å². The minimum atomic E-state index is 0.696. The molecule has 0 atom stereocenters. The normalized spacial score (nSPS) is 17.6. The molecule has 76 valence electrons. The molecule has 1 aliphatic carbocycles. The van der Waals surface area contributed by atoms with Gasteiger partial charge in [-0.1, -0.05) is 19.4 Å². The summed E-state index contributed by atoms with van der Waals surface area (Å²) >= 11 is 2.40. The zero-order chi connectivity index (χ0) is 10.1. The Labute approximate surface area is 98.5 Å². The van der Waals surface area contributed by atoms with Gasteiger partial charge >= 0.3 is 0 Å². The molecule has 1 fully saturated rings. The molecule has 0 saturated heterocycles. The van der Waals surface area contributed by atoms with E-state index in [4.69, 9.17) is 0 Å². The predicted octanol–water partition coefficient (Wildman–Crippen LogP) is 3.33. The van der Waals surface area contributed by atoms with Crippen molar-refractivity contribution in [3.05, 3.63) is 21.5 Å². The van der Waals surface area contributed by atoms with Crippen molar-refractivity contribution in [3.63, 3.8) is 0 Å². The third-order valence-corrected chi connectivity index (χ3v) is 4.10. The molecule has 0 aliphatic heterocycles. The Balaban J connectivity index is 2.38. The Morgan fingerprint density at radius 1 is 1.50 bits per heavy atom. The van der Waals surface area contributed by atoms with Crippen molar-refractivity contribution in [1.82, 2.24) is 9.78 Å². The highest BCUT2D eigenvalue weighted by Crippen LogP contribution is 2.36. The SMILES string of the molecule is C=Cc1c(I)c(C2CCCC2)nn1C. The van der Waals surface area contributed by atoms with E-state index >= 15 is 0 Å². The van der Waals surface area contributed by atoms with E-state index in [0.29, 0.717) is 5.92 Å². The lowest BCUT2D eigenvalue weighted by atomic mass is 10.0. The molecule has 1 saturated carbocycles. The van der Waals surface area contributed by atoms with Crippen LogP contribution in [0, 0.1) is 3.57 Å². The molecule has 0 unspecified atom stereocenters. The molecule has 0 amide bonds. The van der Waals surface area contributed by atoms with Gasteiger partial charge < -0.3 is 0 Å². The van der Waals surface area contributed by atoms with Gasteiger partial charge in [0, 0.05) is 13.0 Å². The van der Waals surface area contributed by atoms with Crippen LogP contribution in [-0.4, -0.2) is 9.78 Å². The third-order valence-electron chi connectivity index (χ3n) is 2.99. The maximum atomic E-state index is 4.60. The first-order valence-electron chi connectivity index (χ1n) is 5.09. The van der Waals surface area contributed by atoms with Gasteiger partial charge in [0.05, 0.1) is 15.0 Å². The minimum Gasteiger partial charge on any atom is -0.267 e. The number of aryl methyl sites for hydroxylation is 1. The molecule has 2 nitrogen and oxygen atoms in total. The molecule has 1 aliphatic rings. The molecular weight excluding hydrogens is 287 g/mol. The maximum absolute atomic E-state index is 4.60. The topological polar surface area (TPSA) is 17.8 Å². The van der Waals surface area contributed by atoms with Gasteiger partial charge in [0.2, 0.25) is 0 Å². The zero-order valence-corrected chi connectivity index (χ0v) is 10.6. The second-order valence-corrected chi connectivity index (χ2v) is 4.97. The first-order valence-corrected chi connectivity index (χ1v) is 6.16. The highest BCUT2D eigenvalue weighted by atomic mass is 127. The number of aromatic nitrogens is 2. The molecule has 0 radical (unpaired) electrons. The lowest BCUT2D eigenvalue weighted by Crippen LogP contribution is -1.97. The van der Waals surface area contributed by atoms with E-state index in [1.807, 2.05) is 17.8 Å². The van der Waals surface area contributed by atoms with Crippen molar-refractivity contribution >= 4 is 28.7 Å².